The second-order valence-electron chi connectivity index (χ2n) is 2.24. The number of rotatable bonds is 0. The van der Waals surface area contributed by atoms with Crippen molar-refractivity contribution in [3.63, 3.8) is 0 Å². The third-order valence-corrected chi connectivity index (χ3v) is 2.24. The molecule has 0 saturated carbocycles. The molecular formula is C7H5Cl4N. The molecule has 2 N–H and O–H groups in total. The standard InChI is InChI=1S/C7H5Cl4N/c8-6-2-1-4(12)3-5(6)7(9,10)11/h1-3H,12H2. The first-order chi connectivity index (χ1) is 5.41. The second kappa shape index (κ2) is 3.51. The zero-order valence-corrected chi connectivity index (χ0v) is 8.84. The fourth-order valence-electron chi connectivity index (χ4n) is 0.760. The van der Waals surface area contributed by atoms with Crippen LogP contribution in [0.15, 0.2) is 18.2 Å². The summed E-state index contributed by atoms with van der Waals surface area (Å²) in [5.41, 5.74) is 6.40. The molecule has 1 nitrogen and oxygen atoms in total. The topological polar surface area (TPSA) is 26.0 Å². The molecule has 0 aliphatic heterocycles. The van der Waals surface area contributed by atoms with Crippen LogP contribution in [-0.2, 0) is 3.79 Å². The van der Waals surface area contributed by atoms with Crippen LogP contribution in [0.5, 0.6) is 0 Å². The molecule has 0 heterocycles. The maximum Gasteiger partial charge on any atom is 0.217 e. The lowest BCUT2D eigenvalue weighted by Crippen LogP contribution is -2.02. The maximum absolute atomic E-state index is 5.77. The number of anilines is 1. The van der Waals surface area contributed by atoms with Gasteiger partial charge in [-0.1, -0.05) is 46.4 Å². The van der Waals surface area contributed by atoms with Gasteiger partial charge in [0, 0.05) is 16.3 Å². The number of nitrogen functional groups attached to an aromatic ring is 1. The van der Waals surface area contributed by atoms with Gasteiger partial charge in [0.25, 0.3) is 0 Å². The van der Waals surface area contributed by atoms with Crippen LogP contribution in [0.2, 0.25) is 5.02 Å². The second-order valence-corrected chi connectivity index (χ2v) is 4.93. The molecule has 12 heavy (non-hydrogen) atoms. The summed E-state index contributed by atoms with van der Waals surface area (Å²) in [5.74, 6) is 0. The number of benzene rings is 1. The van der Waals surface area contributed by atoms with Gasteiger partial charge in [0.1, 0.15) is 0 Å². The summed E-state index contributed by atoms with van der Waals surface area (Å²) in [6.45, 7) is 0. The van der Waals surface area contributed by atoms with E-state index in [1.165, 1.54) is 6.07 Å². The third-order valence-electron chi connectivity index (χ3n) is 1.30. The van der Waals surface area contributed by atoms with E-state index in [1.54, 1.807) is 12.1 Å². The molecule has 5 heteroatoms. The van der Waals surface area contributed by atoms with Crippen molar-refractivity contribution in [2.75, 3.05) is 5.73 Å². The van der Waals surface area contributed by atoms with Gasteiger partial charge in [-0.15, -0.1) is 0 Å². The van der Waals surface area contributed by atoms with Crippen molar-refractivity contribution >= 4 is 52.1 Å². The molecule has 0 fully saturated rings. The molecule has 0 bridgehead atoms. The van der Waals surface area contributed by atoms with Gasteiger partial charge in [-0.05, 0) is 18.2 Å². The van der Waals surface area contributed by atoms with E-state index in [2.05, 4.69) is 0 Å². The summed E-state index contributed by atoms with van der Waals surface area (Å²) in [4.78, 5) is 0. The van der Waals surface area contributed by atoms with E-state index in [9.17, 15) is 0 Å². The van der Waals surface area contributed by atoms with E-state index in [-0.39, 0.29) is 0 Å². The summed E-state index contributed by atoms with van der Waals surface area (Å²) in [6.07, 6.45) is 0. The van der Waals surface area contributed by atoms with Crippen LogP contribution in [0.3, 0.4) is 0 Å². The normalized spacial score (nSPS) is 11.7. The minimum absolute atomic E-state index is 0.393. The van der Waals surface area contributed by atoms with Gasteiger partial charge in [-0.3, -0.25) is 0 Å². The molecule has 0 aliphatic rings. The number of hydrogen-bond acceptors (Lipinski definition) is 1. The van der Waals surface area contributed by atoms with Gasteiger partial charge in [0.05, 0.1) is 0 Å². The molecule has 0 radical (unpaired) electrons. The van der Waals surface area contributed by atoms with Crippen molar-refractivity contribution < 1.29 is 0 Å². The van der Waals surface area contributed by atoms with Gasteiger partial charge in [0.15, 0.2) is 0 Å². The highest BCUT2D eigenvalue weighted by atomic mass is 35.6. The molecule has 0 amide bonds. The Kier molecular flexibility index (Phi) is 3.00. The quantitative estimate of drug-likeness (QED) is 0.546. The van der Waals surface area contributed by atoms with E-state index in [0.29, 0.717) is 16.3 Å². The fraction of sp³-hybridized carbons (Fsp3) is 0.143. The van der Waals surface area contributed by atoms with Crippen molar-refractivity contribution in [1.29, 1.82) is 0 Å². The molecule has 0 aliphatic carbocycles. The van der Waals surface area contributed by atoms with Crippen LogP contribution in [-0.4, -0.2) is 0 Å². The predicted octanol–water partition coefficient (Wildman–Crippen LogP) is 3.75. The Morgan fingerprint density at radius 3 is 2.17 bits per heavy atom. The van der Waals surface area contributed by atoms with Gasteiger partial charge < -0.3 is 5.73 Å². The molecule has 1 aromatic rings. The Bertz CT molecular complexity index is 292. The van der Waals surface area contributed by atoms with Gasteiger partial charge >= 0.3 is 0 Å². The van der Waals surface area contributed by atoms with Crippen LogP contribution < -0.4 is 5.73 Å². The Labute approximate surface area is 90.3 Å². The number of halogens is 4. The predicted molar refractivity (Wildman–Crippen MR) is 55.1 cm³/mol. The van der Waals surface area contributed by atoms with E-state index in [4.69, 9.17) is 52.1 Å². The summed E-state index contributed by atoms with van der Waals surface area (Å²) in [6, 6.07) is 4.77. The average Bonchev–Trinajstić information content (AvgIpc) is 1.92. The smallest absolute Gasteiger partial charge is 0.217 e. The van der Waals surface area contributed by atoms with Crippen molar-refractivity contribution in [3.8, 4) is 0 Å². The molecule has 0 spiro atoms. The lowest BCUT2D eigenvalue weighted by molar-refractivity contribution is 1.24. The molecule has 0 saturated heterocycles. The van der Waals surface area contributed by atoms with Crippen molar-refractivity contribution in [2.45, 2.75) is 3.79 Å². The van der Waals surface area contributed by atoms with E-state index < -0.39 is 3.79 Å². The lowest BCUT2D eigenvalue weighted by atomic mass is 10.2. The molecule has 0 atom stereocenters. The zero-order valence-electron chi connectivity index (χ0n) is 5.82. The Balaban J connectivity index is 3.23. The van der Waals surface area contributed by atoms with Crippen molar-refractivity contribution in [2.24, 2.45) is 0 Å². The highest BCUT2D eigenvalue weighted by Gasteiger charge is 2.25. The lowest BCUT2D eigenvalue weighted by Gasteiger charge is -2.13. The summed E-state index contributed by atoms with van der Waals surface area (Å²) >= 11 is 22.7. The van der Waals surface area contributed by atoms with E-state index in [1.807, 2.05) is 0 Å². The van der Waals surface area contributed by atoms with Crippen LogP contribution in [0.25, 0.3) is 0 Å². The maximum atomic E-state index is 5.77. The molecule has 0 aromatic heterocycles. The largest absolute Gasteiger partial charge is 0.399 e. The third kappa shape index (κ3) is 2.33. The van der Waals surface area contributed by atoms with Crippen molar-refractivity contribution in [3.05, 3.63) is 28.8 Å². The molecule has 1 rings (SSSR count). The Morgan fingerprint density at radius 1 is 1.17 bits per heavy atom. The summed E-state index contributed by atoms with van der Waals surface area (Å²) < 4.78 is -1.52. The Hall–Kier alpha value is 0.180. The van der Waals surface area contributed by atoms with E-state index in [0.717, 1.165) is 0 Å². The Morgan fingerprint density at radius 2 is 1.75 bits per heavy atom. The average molecular weight is 245 g/mol. The van der Waals surface area contributed by atoms with Crippen LogP contribution >= 0.6 is 46.4 Å². The summed E-state index contributed by atoms with van der Waals surface area (Å²) in [7, 11) is 0. The first-order valence-electron chi connectivity index (χ1n) is 3.03. The van der Waals surface area contributed by atoms with Gasteiger partial charge in [0.2, 0.25) is 3.79 Å². The van der Waals surface area contributed by atoms with E-state index >= 15 is 0 Å². The van der Waals surface area contributed by atoms with Crippen LogP contribution in [0, 0.1) is 0 Å². The minimum Gasteiger partial charge on any atom is -0.399 e. The van der Waals surface area contributed by atoms with Crippen molar-refractivity contribution in [1.82, 2.24) is 0 Å². The monoisotopic (exact) mass is 243 g/mol. The zero-order chi connectivity index (χ0) is 9.35. The number of alkyl halides is 3. The number of hydrogen-bond donors (Lipinski definition) is 1. The number of nitrogens with two attached hydrogens (primary N) is 1. The minimum atomic E-state index is -1.52. The highest BCUT2D eigenvalue weighted by molar-refractivity contribution is 6.67. The SMILES string of the molecule is Nc1ccc(Cl)c(C(Cl)(Cl)Cl)c1. The fourth-order valence-corrected chi connectivity index (χ4v) is 1.63. The molecular weight excluding hydrogens is 240 g/mol. The summed E-state index contributed by atoms with van der Waals surface area (Å²) in [5, 5.41) is 0.393. The van der Waals surface area contributed by atoms with Crippen LogP contribution in [0.1, 0.15) is 5.56 Å². The molecule has 66 valence electrons. The first-order valence-corrected chi connectivity index (χ1v) is 4.54. The molecule has 1 aromatic carbocycles. The van der Waals surface area contributed by atoms with Crippen LogP contribution in [0.4, 0.5) is 5.69 Å². The molecule has 0 unspecified atom stereocenters. The highest BCUT2D eigenvalue weighted by Crippen LogP contribution is 2.42. The van der Waals surface area contributed by atoms with Gasteiger partial charge in [-0.25, -0.2) is 0 Å². The first kappa shape index (κ1) is 10.3. The van der Waals surface area contributed by atoms with Gasteiger partial charge in [-0.2, -0.15) is 0 Å².